The van der Waals surface area contributed by atoms with Gasteiger partial charge in [0.25, 0.3) is 5.91 Å². The molecule has 0 spiro atoms. The summed E-state index contributed by atoms with van der Waals surface area (Å²) < 4.78 is 1.76. The van der Waals surface area contributed by atoms with E-state index < -0.39 is 0 Å². The Kier molecular flexibility index (Phi) is 5.34. The molecule has 0 unspecified atom stereocenters. The maximum absolute atomic E-state index is 13.4. The molecule has 32 heavy (non-hydrogen) atoms. The van der Waals surface area contributed by atoms with Crippen LogP contribution in [0.1, 0.15) is 27.0 Å². The molecule has 0 aliphatic carbocycles. The van der Waals surface area contributed by atoms with E-state index in [1.54, 1.807) is 4.52 Å². The molecule has 0 radical (unpaired) electrons. The van der Waals surface area contributed by atoms with Gasteiger partial charge in [-0.1, -0.05) is 60.2 Å². The molecule has 6 nitrogen and oxygen atoms in total. The van der Waals surface area contributed by atoms with Crippen molar-refractivity contribution in [3.63, 3.8) is 0 Å². The van der Waals surface area contributed by atoms with Gasteiger partial charge >= 0.3 is 0 Å². The minimum absolute atomic E-state index is 0.00325. The van der Waals surface area contributed by atoms with Crippen LogP contribution in [0.3, 0.4) is 0 Å². The minimum Gasteiger partial charge on any atom is -0.334 e. The molecule has 0 bridgehead atoms. The van der Waals surface area contributed by atoms with E-state index in [1.165, 1.54) is 5.56 Å². The smallest absolute Gasteiger partial charge is 0.254 e. The highest BCUT2D eigenvalue weighted by Crippen LogP contribution is 2.22. The Hall–Kier alpha value is -4.06. The molecule has 0 saturated carbocycles. The van der Waals surface area contributed by atoms with Crippen LogP contribution in [0.5, 0.6) is 0 Å². The fourth-order valence-electron chi connectivity index (χ4n) is 4.03. The molecule has 3 aromatic carbocycles. The zero-order valence-corrected chi connectivity index (χ0v) is 17.8. The summed E-state index contributed by atoms with van der Waals surface area (Å²) in [6.45, 7) is 3.08. The van der Waals surface area contributed by atoms with Gasteiger partial charge in [0, 0.05) is 29.6 Å². The molecule has 5 rings (SSSR count). The third-order valence-electron chi connectivity index (χ3n) is 5.68. The van der Waals surface area contributed by atoms with Gasteiger partial charge in [0.2, 0.25) is 0 Å². The first-order chi connectivity index (χ1) is 15.7. The van der Waals surface area contributed by atoms with Crippen LogP contribution in [0.2, 0.25) is 0 Å². The third-order valence-corrected chi connectivity index (χ3v) is 5.68. The average molecular weight is 422 g/mol. The highest BCUT2D eigenvalue weighted by molar-refractivity contribution is 5.94. The molecule has 2 aromatic heterocycles. The first kappa shape index (κ1) is 19.9. The van der Waals surface area contributed by atoms with Crippen LogP contribution in [0.15, 0.2) is 84.9 Å². The van der Waals surface area contributed by atoms with Gasteiger partial charge in [-0.05, 0) is 59.7 Å². The number of carbonyl (C=O) groups excluding carboxylic acids is 1. The Labute approximate surface area is 186 Å². The number of nitrogens with zero attached hydrogens (tertiary/aromatic N) is 5. The molecule has 2 heterocycles. The van der Waals surface area contributed by atoms with E-state index in [-0.39, 0.29) is 5.91 Å². The predicted molar refractivity (Wildman–Crippen MR) is 124 cm³/mol. The van der Waals surface area contributed by atoms with E-state index in [0.29, 0.717) is 24.3 Å². The first-order valence-electron chi connectivity index (χ1n) is 10.7. The highest BCUT2D eigenvalue weighted by atomic mass is 16.2. The van der Waals surface area contributed by atoms with Crippen molar-refractivity contribution in [3.8, 4) is 0 Å². The summed E-state index contributed by atoms with van der Waals surface area (Å²) in [5.41, 5.74) is 5.58. The van der Waals surface area contributed by atoms with Crippen molar-refractivity contribution in [1.82, 2.24) is 24.9 Å². The lowest BCUT2D eigenvalue weighted by Crippen LogP contribution is -2.32. The average Bonchev–Trinajstić information content (AvgIpc) is 3.33. The number of benzene rings is 3. The number of tetrazole rings is 1. The Morgan fingerprint density at radius 3 is 2.47 bits per heavy atom. The van der Waals surface area contributed by atoms with E-state index in [2.05, 4.69) is 46.7 Å². The predicted octanol–water partition coefficient (Wildman–Crippen LogP) is 4.47. The number of amides is 1. The number of hydrogen-bond acceptors (Lipinski definition) is 4. The lowest BCUT2D eigenvalue weighted by atomic mass is 10.1. The molecule has 6 heteroatoms. The van der Waals surface area contributed by atoms with Crippen molar-refractivity contribution in [2.45, 2.75) is 19.9 Å². The molecule has 5 aromatic rings. The zero-order chi connectivity index (χ0) is 21.9. The normalized spacial score (nSPS) is 11.2. The maximum Gasteiger partial charge on any atom is 0.254 e. The Bertz CT molecular complexity index is 1380. The third kappa shape index (κ3) is 3.95. The Morgan fingerprint density at radius 1 is 0.938 bits per heavy atom. The first-order valence-corrected chi connectivity index (χ1v) is 10.7. The lowest BCUT2D eigenvalue weighted by Gasteiger charge is -2.23. The molecule has 0 fully saturated rings. The summed E-state index contributed by atoms with van der Waals surface area (Å²) in [7, 11) is 0. The number of pyridine rings is 1. The van der Waals surface area contributed by atoms with Gasteiger partial charge in [-0.25, -0.2) is 0 Å². The van der Waals surface area contributed by atoms with Crippen molar-refractivity contribution >= 4 is 22.5 Å². The minimum atomic E-state index is -0.00325. The largest absolute Gasteiger partial charge is 0.334 e. The number of aromatic nitrogens is 4. The lowest BCUT2D eigenvalue weighted by molar-refractivity contribution is 0.0745. The van der Waals surface area contributed by atoms with Crippen molar-refractivity contribution in [3.05, 3.63) is 107 Å². The monoisotopic (exact) mass is 421 g/mol. The molecule has 0 aliphatic rings. The molecule has 0 aliphatic heterocycles. The standard InChI is InChI=1S/C26H23N5O/c1-19-12-13-24-22(16-19)17-23(25-27-28-29-31(24)25)18-30(15-14-20-8-4-2-5-9-20)26(32)21-10-6-3-7-11-21/h2-13,16-17H,14-15,18H2,1H3. The summed E-state index contributed by atoms with van der Waals surface area (Å²) in [6.07, 6.45) is 0.771. The quantitative estimate of drug-likeness (QED) is 0.406. The van der Waals surface area contributed by atoms with Crippen LogP contribution >= 0.6 is 0 Å². The van der Waals surface area contributed by atoms with E-state index in [9.17, 15) is 4.79 Å². The van der Waals surface area contributed by atoms with Crippen molar-refractivity contribution < 1.29 is 4.79 Å². The molecular formula is C26H23N5O. The summed E-state index contributed by atoms with van der Waals surface area (Å²) >= 11 is 0. The topological polar surface area (TPSA) is 63.4 Å². The summed E-state index contributed by atoms with van der Waals surface area (Å²) in [5.74, 6) is -0.00325. The van der Waals surface area contributed by atoms with Crippen LogP contribution in [0.25, 0.3) is 16.6 Å². The highest BCUT2D eigenvalue weighted by Gasteiger charge is 2.19. The molecule has 0 saturated heterocycles. The molecular weight excluding hydrogens is 398 g/mol. The van der Waals surface area contributed by atoms with Crippen molar-refractivity contribution in [2.24, 2.45) is 0 Å². The fourth-order valence-corrected chi connectivity index (χ4v) is 4.03. The van der Waals surface area contributed by atoms with Crippen molar-refractivity contribution in [1.29, 1.82) is 0 Å². The van der Waals surface area contributed by atoms with E-state index in [1.807, 2.05) is 65.6 Å². The SMILES string of the molecule is Cc1ccc2c(c1)cc(CN(CCc1ccccc1)C(=O)c1ccccc1)c1nnnn12. The van der Waals surface area contributed by atoms with E-state index >= 15 is 0 Å². The number of rotatable bonds is 6. The Morgan fingerprint density at radius 2 is 1.69 bits per heavy atom. The Balaban J connectivity index is 1.53. The molecule has 1 amide bonds. The van der Waals surface area contributed by atoms with Gasteiger partial charge in [0.15, 0.2) is 5.65 Å². The van der Waals surface area contributed by atoms with Gasteiger partial charge in [-0.15, -0.1) is 5.10 Å². The van der Waals surface area contributed by atoms with Crippen molar-refractivity contribution in [2.75, 3.05) is 6.54 Å². The molecule has 0 N–H and O–H groups in total. The summed E-state index contributed by atoms with van der Waals surface area (Å²) in [6, 6.07) is 27.9. The van der Waals surface area contributed by atoms with Gasteiger partial charge in [-0.2, -0.15) is 4.52 Å². The zero-order valence-electron chi connectivity index (χ0n) is 17.8. The van der Waals surface area contributed by atoms with Crippen LogP contribution < -0.4 is 0 Å². The van der Waals surface area contributed by atoms with Crippen LogP contribution in [0.4, 0.5) is 0 Å². The number of hydrogen-bond donors (Lipinski definition) is 0. The van der Waals surface area contributed by atoms with Crippen LogP contribution in [-0.2, 0) is 13.0 Å². The number of fused-ring (bicyclic) bond motifs is 3. The summed E-state index contributed by atoms with van der Waals surface area (Å²) in [5, 5.41) is 13.4. The summed E-state index contributed by atoms with van der Waals surface area (Å²) in [4.78, 5) is 15.3. The van der Waals surface area contributed by atoms with E-state index in [4.69, 9.17) is 0 Å². The van der Waals surface area contributed by atoms with E-state index in [0.717, 1.165) is 28.5 Å². The molecule has 158 valence electrons. The maximum atomic E-state index is 13.4. The van der Waals surface area contributed by atoms with Gasteiger partial charge < -0.3 is 4.90 Å². The van der Waals surface area contributed by atoms with Gasteiger partial charge in [-0.3, -0.25) is 4.79 Å². The van der Waals surface area contributed by atoms with Crippen LogP contribution in [0, 0.1) is 6.92 Å². The second kappa shape index (κ2) is 8.59. The number of aryl methyl sites for hydroxylation is 1. The second-order valence-corrected chi connectivity index (χ2v) is 7.97. The van der Waals surface area contributed by atoms with Crippen LogP contribution in [-0.4, -0.2) is 37.4 Å². The molecule has 0 atom stereocenters. The fraction of sp³-hybridized carbons (Fsp3) is 0.154. The number of carbonyl (C=O) groups is 1. The van der Waals surface area contributed by atoms with Gasteiger partial charge in [0.1, 0.15) is 0 Å². The van der Waals surface area contributed by atoms with Gasteiger partial charge in [0.05, 0.1) is 5.52 Å². The second-order valence-electron chi connectivity index (χ2n) is 7.97.